The molecule has 0 radical (unpaired) electrons. The molecule has 8 unspecified atom stereocenters. The van der Waals surface area contributed by atoms with Crippen molar-refractivity contribution in [1.82, 2.24) is 5.32 Å². The van der Waals surface area contributed by atoms with E-state index in [9.17, 15) is 35.1 Å². The van der Waals surface area contributed by atoms with E-state index >= 15 is 0 Å². The fraction of sp³-hybridized carbons (Fsp3) is 0.760. The topological polar surface area (TPSA) is 175 Å². The number of carbonyl (C=O) groups is 2. The average molecular weight is 1210 g/mol. The number of unbranched alkanes of at least 4 members (excludes halogenated alkanes) is 32. The number of ether oxygens (including phenoxy) is 3. The van der Waals surface area contributed by atoms with E-state index in [-0.39, 0.29) is 19.4 Å². The lowest BCUT2D eigenvalue weighted by molar-refractivity contribution is -0.305. The van der Waals surface area contributed by atoms with Crippen LogP contribution in [0.5, 0.6) is 0 Å². The van der Waals surface area contributed by atoms with Gasteiger partial charge < -0.3 is 45.1 Å². The Morgan fingerprint density at radius 3 is 1.28 bits per heavy atom. The van der Waals surface area contributed by atoms with E-state index in [1.165, 1.54) is 141 Å². The van der Waals surface area contributed by atoms with Gasteiger partial charge in [0.15, 0.2) is 12.4 Å². The summed E-state index contributed by atoms with van der Waals surface area (Å²) in [6.07, 6.45) is 73.0. The minimum Gasteiger partial charge on any atom is -0.454 e. The minimum absolute atomic E-state index is 0.116. The summed E-state index contributed by atoms with van der Waals surface area (Å²) in [5, 5.41) is 57.2. The molecule has 11 nitrogen and oxygen atoms in total. The molecule has 11 heteroatoms. The molecule has 1 aliphatic heterocycles. The van der Waals surface area contributed by atoms with Crippen molar-refractivity contribution in [3.8, 4) is 0 Å². The van der Waals surface area contributed by atoms with Crippen LogP contribution in [0.1, 0.15) is 303 Å². The summed E-state index contributed by atoms with van der Waals surface area (Å²) in [7, 11) is 0. The number of aliphatic hydroxyl groups excluding tert-OH is 5. The van der Waals surface area contributed by atoms with Crippen molar-refractivity contribution in [3.63, 3.8) is 0 Å². The minimum atomic E-state index is -1.62. The lowest BCUT2D eigenvalue weighted by atomic mass is 9.99. The molecule has 0 aliphatic carbocycles. The van der Waals surface area contributed by atoms with Crippen molar-refractivity contribution in [3.05, 3.63) is 97.2 Å². The number of hydrogen-bond acceptors (Lipinski definition) is 10. The van der Waals surface area contributed by atoms with Crippen LogP contribution in [0.2, 0.25) is 0 Å². The zero-order chi connectivity index (χ0) is 62.4. The van der Waals surface area contributed by atoms with Gasteiger partial charge in [-0.2, -0.15) is 0 Å². The summed E-state index contributed by atoms with van der Waals surface area (Å²) < 4.78 is 17.7. The maximum atomic E-state index is 13.5. The van der Waals surface area contributed by atoms with Crippen LogP contribution < -0.4 is 5.32 Å². The first-order valence-electron chi connectivity index (χ1n) is 35.5. The SMILES string of the molecule is CC/C=C\C/C=C\C/C=C\C/C=C\C/C=C\CCCCCCCCCCCCC(O)C(=O)NC(COC1OC(CO)C(O)C(O)C1OC(=O)CCCCCCCCCCC/C=C\C/C=C\CCCCC)C(O)/C=C/CCCCCCCCCCCC. The zero-order valence-electron chi connectivity index (χ0n) is 55.2. The fourth-order valence-electron chi connectivity index (χ4n) is 10.7. The Morgan fingerprint density at radius 2 is 0.837 bits per heavy atom. The monoisotopic (exact) mass is 1210 g/mol. The van der Waals surface area contributed by atoms with Crippen molar-refractivity contribution >= 4 is 11.9 Å². The van der Waals surface area contributed by atoms with Crippen molar-refractivity contribution in [2.75, 3.05) is 13.2 Å². The molecule has 496 valence electrons. The molecule has 0 spiro atoms. The first-order valence-corrected chi connectivity index (χ1v) is 35.5. The van der Waals surface area contributed by atoms with Crippen LogP contribution in [0.25, 0.3) is 0 Å². The molecule has 6 N–H and O–H groups in total. The third-order valence-electron chi connectivity index (χ3n) is 16.2. The van der Waals surface area contributed by atoms with Gasteiger partial charge in [-0.25, -0.2) is 0 Å². The molecular formula is C75H131NO10. The molecule has 1 amide bonds. The van der Waals surface area contributed by atoms with E-state index in [0.29, 0.717) is 12.8 Å². The van der Waals surface area contributed by atoms with E-state index < -0.39 is 67.4 Å². The number of esters is 1. The third-order valence-corrected chi connectivity index (χ3v) is 16.2. The number of carbonyl (C=O) groups excluding carboxylic acids is 2. The maximum Gasteiger partial charge on any atom is 0.306 e. The summed E-state index contributed by atoms with van der Waals surface area (Å²) in [5.41, 5.74) is 0. The Bertz CT molecular complexity index is 1770. The highest BCUT2D eigenvalue weighted by Crippen LogP contribution is 2.26. The summed E-state index contributed by atoms with van der Waals surface area (Å²) in [6.45, 7) is 5.67. The summed E-state index contributed by atoms with van der Waals surface area (Å²) in [5.74, 6) is -1.20. The molecule has 1 saturated heterocycles. The van der Waals surface area contributed by atoms with Gasteiger partial charge in [0.05, 0.1) is 25.4 Å². The molecule has 8 atom stereocenters. The third kappa shape index (κ3) is 48.5. The standard InChI is InChI=1S/C75H131NO10/c1-4-7-10-13-16-19-22-25-27-29-31-32-33-34-35-36-37-39-40-42-44-47-50-53-56-59-62-68(79)74(83)76-66(67(78)61-58-55-52-49-46-24-21-18-15-12-9-6-3)65-84-75-73(72(82)71(81)69(64-77)85-75)86-70(80)63-60-57-54-51-48-45-43-41-38-30-28-26-23-20-17-14-11-8-5-2/h7,10,16-17,19-20,25-28,31-32,34-35,58,61,66-69,71-73,75,77-79,81-82H,4-6,8-9,11-15,18,21-24,29-30,33,36-57,59-60,62-65H2,1-3H3,(H,76,83)/b10-7-,19-16-,20-17-,27-25-,28-26-,32-31-,35-34-,61-58+. The molecule has 1 fully saturated rings. The largest absolute Gasteiger partial charge is 0.454 e. The molecule has 0 aromatic rings. The number of allylic oxidation sites excluding steroid dienone is 15. The molecule has 1 rings (SSSR count). The van der Waals surface area contributed by atoms with Crippen molar-refractivity contribution in [1.29, 1.82) is 0 Å². The van der Waals surface area contributed by atoms with Gasteiger partial charge in [-0.3, -0.25) is 9.59 Å². The van der Waals surface area contributed by atoms with Gasteiger partial charge in [0.25, 0.3) is 0 Å². The van der Waals surface area contributed by atoms with Crippen molar-refractivity contribution < 1.29 is 49.3 Å². The highest BCUT2D eigenvalue weighted by molar-refractivity contribution is 5.80. The van der Waals surface area contributed by atoms with Gasteiger partial charge in [-0.15, -0.1) is 0 Å². The van der Waals surface area contributed by atoms with Gasteiger partial charge >= 0.3 is 5.97 Å². The van der Waals surface area contributed by atoms with E-state index in [1.54, 1.807) is 6.08 Å². The molecule has 0 saturated carbocycles. The molecule has 1 heterocycles. The second-order valence-electron chi connectivity index (χ2n) is 24.2. The zero-order valence-corrected chi connectivity index (χ0v) is 55.2. The smallest absolute Gasteiger partial charge is 0.306 e. The Balaban J connectivity index is 2.58. The Hall–Kier alpha value is -3.42. The van der Waals surface area contributed by atoms with Gasteiger partial charge in [-0.1, -0.05) is 291 Å². The maximum absolute atomic E-state index is 13.5. The van der Waals surface area contributed by atoms with E-state index in [4.69, 9.17) is 14.2 Å². The number of amides is 1. The lowest BCUT2D eigenvalue weighted by Gasteiger charge is -2.41. The quantitative estimate of drug-likeness (QED) is 0.0195. The average Bonchev–Trinajstić information content (AvgIpc) is 3.68. The van der Waals surface area contributed by atoms with Gasteiger partial charge in [0, 0.05) is 6.42 Å². The highest BCUT2D eigenvalue weighted by atomic mass is 16.7. The molecule has 0 aromatic heterocycles. The van der Waals surface area contributed by atoms with Crippen LogP contribution in [0.3, 0.4) is 0 Å². The normalized spacial score (nSPS) is 18.9. The predicted molar refractivity (Wildman–Crippen MR) is 361 cm³/mol. The van der Waals surface area contributed by atoms with Crippen LogP contribution in [0.4, 0.5) is 0 Å². The molecule has 0 bridgehead atoms. The van der Waals surface area contributed by atoms with Crippen LogP contribution in [-0.4, -0.2) is 99.6 Å². The van der Waals surface area contributed by atoms with Gasteiger partial charge in [0.1, 0.15) is 24.4 Å². The fourth-order valence-corrected chi connectivity index (χ4v) is 10.7. The Morgan fingerprint density at radius 1 is 0.465 bits per heavy atom. The summed E-state index contributed by atoms with van der Waals surface area (Å²) >= 11 is 0. The second kappa shape index (κ2) is 61.8. The number of nitrogens with one attached hydrogen (secondary N) is 1. The van der Waals surface area contributed by atoms with Crippen LogP contribution in [-0.2, 0) is 23.8 Å². The Labute approximate surface area is 526 Å². The molecule has 0 aromatic carbocycles. The second-order valence-corrected chi connectivity index (χ2v) is 24.2. The molecule has 86 heavy (non-hydrogen) atoms. The number of hydrogen-bond donors (Lipinski definition) is 6. The van der Waals surface area contributed by atoms with Crippen LogP contribution >= 0.6 is 0 Å². The molecule has 1 aliphatic rings. The van der Waals surface area contributed by atoms with Crippen molar-refractivity contribution in [2.24, 2.45) is 0 Å². The van der Waals surface area contributed by atoms with E-state index in [0.717, 1.165) is 116 Å². The van der Waals surface area contributed by atoms with Crippen molar-refractivity contribution in [2.45, 2.75) is 352 Å². The predicted octanol–water partition coefficient (Wildman–Crippen LogP) is 18.2. The first kappa shape index (κ1) is 80.6. The number of aliphatic hydroxyl groups is 5. The Kier molecular flexibility index (Phi) is 57.9. The summed E-state index contributed by atoms with van der Waals surface area (Å²) in [4.78, 5) is 26.7. The number of rotatable bonds is 60. The lowest BCUT2D eigenvalue weighted by Crippen LogP contribution is -2.61. The van der Waals surface area contributed by atoms with E-state index in [2.05, 4.69) is 111 Å². The molecular weight excluding hydrogens is 1070 g/mol. The summed E-state index contributed by atoms with van der Waals surface area (Å²) in [6, 6.07) is -1.03. The van der Waals surface area contributed by atoms with Crippen LogP contribution in [0.15, 0.2) is 97.2 Å². The van der Waals surface area contributed by atoms with Gasteiger partial charge in [0.2, 0.25) is 5.91 Å². The van der Waals surface area contributed by atoms with E-state index in [1.807, 2.05) is 6.08 Å². The van der Waals surface area contributed by atoms with Crippen LogP contribution in [0, 0.1) is 0 Å². The first-order chi connectivity index (χ1) is 42.2. The van der Waals surface area contributed by atoms with Gasteiger partial charge in [-0.05, 0) is 103 Å². The highest BCUT2D eigenvalue weighted by Gasteiger charge is 2.47.